The molecule has 144 valence electrons. The van der Waals surface area contributed by atoms with E-state index in [2.05, 4.69) is 23.3 Å². The Balaban J connectivity index is 1.65. The molecule has 1 amide bonds. The number of benzene rings is 2. The lowest BCUT2D eigenvalue weighted by Crippen LogP contribution is -2.33. The lowest BCUT2D eigenvalue weighted by atomic mass is 9.94. The molecule has 1 aliphatic carbocycles. The van der Waals surface area contributed by atoms with E-state index < -0.39 is 0 Å². The summed E-state index contributed by atoms with van der Waals surface area (Å²) in [5, 5.41) is 3.10. The number of amides is 1. The molecule has 0 bridgehead atoms. The van der Waals surface area contributed by atoms with Gasteiger partial charge in [-0.15, -0.1) is 0 Å². The van der Waals surface area contributed by atoms with Gasteiger partial charge < -0.3 is 10.1 Å². The average Bonchev–Trinajstić information content (AvgIpc) is 2.70. The number of ether oxygens (including phenoxy) is 1. The van der Waals surface area contributed by atoms with E-state index in [1.165, 1.54) is 37.7 Å². The van der Waals surface area contributed by atoms with E-state index in [9.17, 15) is 4.79 Å². The molecule has 1 aliphatic rings. The molecule has 0 atom stereocenters. The normalized spacial score (nSPS) is 14.9. The molecule has 1 N–H and O–H groups in total. The van der Waals surface area contributed by atoms with Gasteiger partial charge in [-0.25, -0.2) is 0 Å². The monoisotopic (exact) mass is 366 g/mol. The lowest BCUT2D eigenvalue weighted by Gasteiger charge is -2.31. The summed E-state index contributed by atoms with van der Waals surface area (Å²) < 4.78 is 5.35. The molecule has 0 aliphatic heterocycles. The number of anilines is 1. The van der Waals surface area contributed by atoms with Crippen molar-refractivity contribution in [1.82, 2.24) is 4.90 Å². The zero-order chi connectivity index (χ0) is 19.1. The first kappa shape index (κ1) is 19.4. The van der Waals surface area contributed by atoms with E-state index in [0.29, 0.717) is 12.5 Å². The lowest BCUT2D eigenvalue weighted by molar-refractivity contribution is -0.115. The Bertz CT molecular complexity index is 754. The van der Waals surface area contributed by atoms with Crippen LogP contribution in [0.3, 0.4) is 0 Å². The van der Waals surface area contributed by atoms with Gasteiger partial charge in [-0.2, -0.15) is 0 Å². The van der Waals surface area contributed by atoms with Crippen LogP contribution < -0.4 is 10.1 Å². The second kappa shape index (κ2) is 9.56. The maximum Gasteiger partial charge on any atom is 0.228 e. The third-order valence-corrected chi connectivity index (χ3v) is 5.45. The molecule has 4 heteroatoms. The molecule has 4 nitrogen and oxygen atoms in total. The van der Waals surface area contributed by atoms with Gasteiger partial charge in [0.1, 0.15) is 5.75 Å². The average molecular weight is 367 g/mol. The Morgan fingerprint density at radius 3 is 2.44 bits per heavy atom. The molecule has 1 saturated carbocycles. The first-order chi connectivity index (χ1) is 13.2. The molecule has 27 heavy (non-hydrogen) atoms. The van der Waals surface area contributed by atoms with Crippen molar-refractivity contribution in [1.29, 1.82) is 0 Å². The first-order valence-corrected chi connectivity index (χ1v) is 9.87. The summed E-state index contributed by atoms with van der Waals surface area (Å²) in [4.78, 5) is 15.0. The predicted octanol–water partition coefficient (Wildman–Crippen LogP) is 4.64. The highest BCUT2D eigenvalue weighted by molar-refractivity contribution is 5.93. The van der Waals surface area contributed by atoms with Gasteiger partial charge in [-0.05, 0) is 37.6 Å². The van der Waals surface area contributed by atoms with E-state index in [0.717, 1.165) is 23.5 Å². The number of nitrogens with zero attached hydrogens (tertiary/aromatic N) is 1. The summed E-state index contributed by atoms with van der Waals surface area (Å²) in [6.07, 6.45) is 6.87. The van der Waals surface area contributed by atoms with Crippen LogP contribution in [-0.2, 0) is 17.8 Å². The number of carbonyl (C=O) groups excluding carboxylic acids is 1. The maximum absolute atomic E-state index is 12.6. The molecular weight excluding hydrogens is 336 g/mol. The second-order valence-corrected chi connectivity index (χ2v) is 7.40. The van der Waals surface area contributed by atoms with Crippen molar-refractivity contribution >= 4 is 11.6 Å². The topological polar surface area (TPSA) is 41.6 Å². The highest BCUT2D eigenvalue weighted by Gasteiger charge is 2.19. The molecule has 2 aromatic rings. The predicted molar refractivity (Wildman–Crippen MR) is 110 cm³/mol. The molecule has 0 unspecified atom stereocenters. The fourth-order valence-electron chi connectivity index (χ4n) is 3.92. The minimum absolute atomic E-state index is 0.0210. The minimum Gasteiger partial charge on any atom is -0.496 e. The number of nitrogens with one attached hydrogen (secondary N) is 1. The summed E-state index contributed by atoms with van der Waals surface area (Å²) >= 11 is 0. The molecule has 1 fully saturated rings. The molecule has 0 heterocycles. The van der Waals surface area contributed by atoms with Gasteiger partial charge in [0, 0.05) is 23.8 Å². The van der Waals surface area contributed by atoms with Crippen molar-refractivity contribution in [3.63, 3.8) is 0 Å². The third-order valence-electron chi connectivity index (χ3n) is 5.45. The van der Waals surface area contributed by atoms with Crippen LogP contribution in [-0.4, -0.2) is 31.0 Å². The number of methoxy groups -OCH3 is 1. The Labute approximate surface area is 162 Å². The van der Waals surface area contributed by atoms with Crippen molar-refractivity contribution in [3.05, 3.63) is 59.7 Å². The minimum atomic E-state index is -0.0210. The second-order valence-electron chi connectivity index (χ2n) is 7.40. The quantitative estimate of drug-likeness (QED) is 0.776. The summed E-state index contributed by atoms with van der Waals surface area (Å²) in [7, 11) is 3.83. The van der Waals surface area contributed by atoms with Crippen LogP contribution in [0.1, 0.15) is 43.2 Å². The zero-order valence-electron chi connectivity index (χ0n) is 16.4. The Kier molecular flexibility index (Phi) is 6.88. The van der Waals surface area contributed by atoms with Gasteiger partial charge in [-0.1, -0.05) is 55.7 Å². The first-order valence-electron chi connectivity index (χ1n) is 9.87. The van der Waals surface area contributed by atoms with Crippen LogP contribution in [0, 0.1) is 0 Å². The van der Waals surface area contributed by atoms with Crippen molar-refractivity contribution < 1.29 is 9.53 Å². The fraction of sp³-hybridized carbons (Fsp3) is 0.435. The standard InChI is InChI=1S/C23H30N2O2/c1-25(20-12-4-3-5-13-20)17-19-11-6-8-14-21(19)24-23(26)16-18-10-7-9-15-22(18)27-2/h6-11,14-15,20H,3-5,12-13,16-17H2,1-2H3,(H,24,26). The summed E-state index contributed by atoms with van der Waals surface area (Å²) in [6.45, 7) is 0.857. The highest BCUT2D eigenvalue weighted by Crippen LogP contribution is 2.25. The fourth-order valence-corrected chi connectivity index (χ4v) is 3.92. The highest BCUT2D eigenvalue weighted by atomic mass is 16.5. The SMILES string of the molecule is COc1ccccc1CC(=O)Nc1ccccc1CN(C)C1CCCCC1. The van der Waals surface area contributed by atoms with Gasteiger partial charge in [0.25, 0.3) is 0 Å². The van der Waals surface area contributed by atoms with Crippen LogP contribution in [0.5, 0.6) is 5.75 Å². The van der Waals surface area contributed by atoms with Crippen molar-refractivity contribution in [3.8, 4) is 5.75 Å². The molecular formula is C23H30N2O2. The molecule has 0 radical (unpaired) electrons. The number of rotatable bonds is 7. The molecule has 2 aromatic carbocycles. The van der Waals surface area contributed by atoms with Gasteiger partial charge in [-0.3, -0.25) is 9.69 Å². The largest absolute Gasteiger partial charge is 0.496 e. The Hall–Kier alpha value is -2.33. The summed E-state index contributed by atoms with van der Waals surface area (Å²) in [5.74, 6) is 0.727. The smallest absolute Gasteiger partial charge is 0.228 e. The molecule has 0 spiro atoms. The summed E-state index contributed by atoms with van der Waals surface area (Å²) in [6, 6.07) is 16.4. The number of hydrogen-bond donors (Lipinski definition) is 1. The Morgan fingerprint density at radius 2 is 1.70 bits per heavy atom. The van der Waals surface area contributed by atoms with Crippen molar-refractivity contribution in [2.24, 2.45) is 0 Å². The van der Waals surface area contributed by atoms with E-state index in [-0.39, 0.29) is 5.91 Å². The number of carbonyl (C=O) groups is 1. The van der Waals surface area contributed by atoms with Crippen LogP contribution >= 0.6 is 0 Å². The molecule has 0 saturated heterocycles. The Morgan fingerprint density at radius 1 is 1.04 bits per heavy atom. The molecule has 0 aromatic heterocycles. The van der Waals surface area contributed by atoms with Crippen LogP contribution in [0.15, 0.2) is 48.5 Å². The van der Waals surface area contributed by atoms with Crippen LogP contribution in [0.4, 0.5) is 5.69 Å². The van der Waals surface area contributed by atoms with E-state index in [1.54, 1.807) is 7.11 Å². The molecule has 3 rings (SSSR count). The number of hydrogen-bond acceptors (Lipinski definition) is 3. The van der Waals surface area contributed by atoms with Crippen molar-refractivity contribution in [2.45, 2.75) is 51.1 Å². The van der Waals surface area contributed by atoms with Crippen LogP contribution in [0.25, 0.3) is 0 Å². The van der Waals surface area contributed by atoms with Gasteiger partial charge >= 0.3 is 0 Å². The van der Waals surface area contributed by atoms with Gasteiger partial charge in [0.05, 0.1) is 13.5 Å². The third kappa shape index (κ3) is 5.33. The van der Waals surface area contributed by atoms with E-state index in [1.807, 2.05) is 42.5 Å². The summed E-state index contributed by atoms with van der Waals surface area (Å²) in [5.41, 5.74) is 2.97. The number of para-hydroxylation sites is 2. The van der Waals surface area contributed by atoms with Gasteiger partial charge in [0.15, 0.2) is 0 Å². The van der Waals surface area contributed by atoms with Gasteiger partial charge in [0.2, 0.25) is 5.91 Å². The van der Waals surface area contributed by atoms with Crippen LogP contribution in [0.2, 0.25) is 0 Å². The maximum atomic E-state index is 12.6. The van der Waals surface area contributed by atoms with Crippen molar-refractivity contribution in [2.75, 3.05) is 19.5 Å². The zero-order valence-corrected chi connectivity index (χ0v) is 16.4. The van der Waals surface area contributed by atoms with E-state index in [4.69, 9.17) is 4.74 Å². The van der Waals surface area contributed by atoms with E-state index >= 15 is 0 Å².